The molecule has 1 N–H and O–H groups in total. The molecule has 7 nitrogen and oxygen atoms in total. The Morgan fingerprint density at radius 1 is 1.19 bits per heavy atom. The van der Waals surface area contributed by atoms with E-state index in [0.717, 1.165) is 5.75 Å². The Morgan fingerprint density at radius 3 is 2.58 bits per heavy atom. The Morgan fingerprint density at radius 2 is 1.94 bits per heavy atom. The molecule has 0 saturated carbocycles. The summed E-state index contributed by atoms with van der Waals surface area (Å²) >= 11 is 7.55. The van der Waals surface area contributed by atoms with E-state index in [1.165, 1.54) is 17.4 Å². The SMILES string of the molecule is COc1ccc(OCCOc2ccc(/C=C(/C#N)C(=O)Nc3nccs3)cc2Cl)cc1. The summed E-state index contributed by atoms with van der Waals surface area (Å²) in [6, 6.07) is 14.1. The van der Waals surface area contributed by atoms with Crippen molar-refractivity contribution in [1.29, 1.82) is 5.26 Å². The number of amides is 1. The third kappa shape index (κ3) is 6.47. The molecule has 0 atom stereocenters. The fourth-order valence-corrected chi connectivity index (χ4v) is 3.24. The van der Waals surface area contributed by atoms with E-state index >= 15 is 0 Å². The maximum Gasteiger partial charge on any atom is 0.268 e. The van der Waals surface area contributed by atoms with Gasteiger partial charge in [-0.25, -0.2) is 4.98 Å². The van der Waals surface area contributed by atoms with Crippen LogP contribution in [0.1, 0.15) is 5.56 Å². The van der Waals surface area contributed by atoms with Gasteiger partial charge in [-0.1, -0.05) is 17.7 Å². The van der Waals surface area contributed by atoms with Gasteiger partial charge < -0.3 is 14.2 Å². The lowest BCUT2D eigenvalue weighted by Crippen LogP contribution is -2.13. The molecular weight excluding hydrogens is 438 g/mol. The van der Waals surface area contributed by atoms with Crippen molar-refractivity contribution in [3.63, 3.8) is 0 Å². The number of carbonyl (C=O) groups is 1. The molecule has 1 heterocycles. The molecule has 0 saturated heterocycles. The average Bonchev–Trinajstić information content (AvgIpc) is 3.29. The zero-order valence-corrected chi connectivity index (χ0v) is 18.1. The van der Waals surface area contributed by atoms with Crippen molar-refractivity contribution in [2.45, 2.75) is 0 Å². The fraction of sp³-hybridized carbons (Fsp3) is 0.136. The first-order valence-corrected chi connectivity index (χ1v) is 10.4. The number of benzene rings is 2. The van der Waals surface area contributed by atoms with Gasteiger partial charge in [0, 0.05) is 11.6 Å². The molecule has 0 fully saturated rings. The van der Waals surface area contributed by atoms with Crippen LogP contribution in [-0.4, -0.2) is 31.2 Å². The first-order chi connectivity index (χ1) is 15.1. The van der Waals surface area contributed by atoms with E-state index < -0.39 is 5.91 Å². The molecule has 3 rings (SSSR count). The smallest absolute Gasteiger partial charge is 0.268 e. The van der Waals surface area contributed by atoms with E-state index in [2.05, 4.69) is 10.3 Å². The predicted molar refractivity (Wildman–Crippen MR) is 120 cm³/mol. The third-order valence-electron chi connectivity index (χ3n) is 3.95. The first kappa shape index (κ1) is 22.2. The summed E-state index contributed by atoms with van der Waals surface area (Å²) in [5, 5.41) is 14.4. The van der Waals surface area contributed by atoms with Crippen molar-refractivity contribution < 1.29 is 19.0 Å². The molecule has 0 spiro atoms. The summed E-state index contributed by atoms with van der Waals surface area (Å²) in [5.74, 6) is 1.40. The Labute approximate surface area is 188 Å². The number of ether oxygens (including phenoxy) is 3. The van der Waals surface area contributed by atoms with Gasteiger partial charge in [0.15, 0.2) is 5.13 Å². The lowest BCUT2D eigenvalue weighted by molar-refractivity contribution is -0.112. The molecule has 1 amide bonds. The number of hydrogen-bond acceptors (Lipinski definition) is 7. The summed E-state index contributed by atoms with van der Waals surface area (Å²) in [5.41, 5.74) is 0.533. The van der Waals surface area contributed by atoms with Gasteiger partial charge in [0.1, 0.15) is 42.1 Å². The quantitative estimate of drug-likeness (QED) is 0.283. The Hall–Kier alpha value is -3.54. The number of rotatable bonds is 9. The van der Waals surface area contributed by atoms with Gasteiger partial charge in [-0.3, -0.25) is 10.1 Å². The normalized spacial score (nSPS) is 10.8. The number of nitrogens with zero attached hydrogens (tertiary/aromatic N) is 2. The molecule has 31 heavy (non-hydrogen) atoms. The predicted octanol–water partition coefficient (Wildman–Crippen LogP) is 4.81. The highest BCUT2D eigenvalue weighted by Gasteiger charge is 2.11. The first-order valence-electron chi connectivity index (χ1n) is 9.11. The van der Waals surface area contributed by atoms with Gasteiger partial charge in [0.2, 0.25) is 0 Å². The van der Waals surface area contributed by atoms with Crippen LogP contribution in [0.2, 0.25) is 5.02 Å². The molecule has 0 bridgehead atoms. The van der Waals surface area contributed by atoms with Crippen molar-refractivity contribution in [3.05, 3.63) is 70.2 Å². The molecule has 158 valence electrons. The van der Waals surface area contributed by atoms with Crippen LogP contribution in [0.4, 0.5) is 5.13 Å². The number of halogens is 1. The number of carbonyl (C=O) groups excluding carboxylic acids is 1. The minimum atomic E-state index is -0.537. The van der Waals surface area contributed by atoms with E-state index in [1.807, 2.05) is 30.3 Å². The Kier molecular flexibility index (Phi) is 7.87. The maximum absolute atomic E-state index is 12.2. The van der Waals surface area contributed by atoms with E-state index in [0.29, 0.717) is 40.4 Å². The molecule has 0 aliphatic heterocycles. The lowest BCUT2D eigenvalue weighted by atomic mass is 10.1. The second-order valence-corrected chi connectivity index (χ2v) is 7.33. The summed E-state index contributed by atoms with van der Waals surface area (Å²) < 4.78 is 16.4. The lowest BCUT2D eigenvalue weighted by Gasteiger charge is -2.10. The van der Waals surface area contributed by atoms with Crippen molar-refractivity contribution >= 4 is 40.1 Å². The van der Waals surface area contributed by atoms with Crippen molar-refractivity contribution in [3.8, 4) is 23.3 Å². The standard InChI is InChI=1S/C22H18ClN3O4S/c1-28-17-3-5-18(6-4-17)29-9-10-30-20-7-2-15(13-19(20)23)12-16(14-24)21(27)26-22-25-8-11-31-22/h2-8,11-13H,9-10H2,1H3,(H,25,26,27)/b16-12-. The minimum Gasteiger partial charge on any atom is -0.497 e. The highest BCUT2D eigenvalue weighted by atomic mass is 35.5. The van der Waals surface area contributed by atoms with E-state index in [4.69, 9.17) is 25.8 Å². The molecule has 0 radical (unpaired) electrons. The average molecular weight is 456 g/mol. The number of methoxy groups -OCH3 is 1. The van der Waals surface area contributed by atoms with Crippen molar-refractivity contribution in [2.75, 3.05) is 25.6 Å². The maximum atomic E-state index is 12.2. The molecule has 2 aromatic carbocycles. The number of nitrogens with one attached hydrogen (secondary N) is 1. The van der Waals surface area contributed by atoms with Gasteiger partial charge in [-0.05, 0) is 48.0 Å². The van der Waals surface area contributed by atoms with Gasteiger partial charge in [0.25, 0.3) is 5.91 Å². The van der Waals surface area contributed by atoms with Crippen LogP contribution in [0.15, 0.2) is 59.6 Å². The van der Waals surface area contributed by atoms with Gasteiger partial charge in [0.05, 0.1) is 12.1 Å². The van der Waals surface area contributed by atoms with Crippen LogP contribution in [-0.2, 0) is 4.79 Å². The van der Waals surface area contributed by atoms with Crippen LogP contribution in [0.25, 0.3) is 6.08 Å². The van der Waals surface area contributed by atoms with E-state index in [1.54, 1.807) is 36.9 Å². The molecule has 1 aromatic heterocycles. The number of hydrogen-bond donors (Lipinski definition) is 1. The Balaban J connectivity index is 1.55. The Bertz CT molecular complexity index is 1090. The second-order valence-electron chi connectivity index (χ2n) is 6.02. The highest BCUT2D eigenvalue weighted by molar-refractivity contribution is 7.13. The molecule has 9 heteroatoms. The zero-order chi connectivity index (χ0) is 22.1. The van der Waals surface area contributed by atoms with Gasteiger partial charge in [-0.15, -0.1) is 11.3 Å². The number of thiazole rings is 1. The second kappa shape index (κ2) is 11.0. The number of aromatic nitrogens is 1. The van der Waals surface area contributed by atoms with Crippen LogP contribution in [0.5, 0.6) is 17.2 Å². The monoisotopic (exact) mass is 455 g/mol. The van der Waals surface area contributed by atoms with E-state index in [-0.39, 0.29) is 5.57 Å². The number of anilines is 1. The van der Waals surface area contributed by atoms with E-state index in [9.17, 15) is 10.1 Å². The molecular formula is C22H18ClN3O4S. The molecule has 0 aliphatic carbocycles. The largest absolute Gasteiger partial charge is 0.497 e. The highest BCUT2D eigenvalue weighted by Crippen LogP contribution is 2.27. The summed E-state index contributed by atoms with van der Waals surface area (Å²) in [7, 11) is 1.60. The van der Waals surface area contributed by atoms with Crippen LogP contribution >= 0.6 is 22.9 Å². The molecule has 0 unspecified atom stereocenters. The van der Waals surface area contributed by atoms with Gasteiger partial charge >= 0.3 is 0 Å². The minimum absolute atomic E-state index is 0.0622. The van der Waals surface area contributed by atoms with Gasteiger partial charge in [-0.2, -0.15) is 5.26 Å². The van der Waals surface area contributed by atoms with Crippen molar-refractivity contribution in [1.82, 2.24) is 4.98 Å². The van der Waals surface area contributed by atoms with Crippen LogP contribution < -0.4 is 19.5 Å². The fourth-order valence-electron chi connectivity index (χ4n) is 2.47. The molecule has 3 aromatic rings. The molecule has 0 aliphatic rings. The summed E-state index contributed by atoms with van der Waals surface area (Å²) in [4.78, 5) is 16.2. The van der Waals surface area contributed by atoms with Crippen molar-refractivity contribution in [2.24, 2.45) is 0 Å². The zero-order valence-electron chi connectivity index (χ0n) is 16.5. The summed E-state index contributed by atoms with van der Waals surface area (Å²) in [6.07, 6.45) is 3.02. The van der Waals surface area contributed by atoms with Crippen LogP contribution in [0, 0.1) is 11.3 Å². The summed E-state index contributed by atoms with van der Waals surface area (Å²) in [6.45, 7) is 0.625. The topological polar surface area (TPSA) is 93.5 Å². The number of nitriles is 1. The third-order valence-corrected chi connectivity index (χ3v) is 4.94. The van der Waals surface area contributed by atoms with Crippen LogP contribution in [0.3, 0.4) is 0 Å².